The van der Waals surface area contributed by atoms with E-state index in [4.69, 9.17) is 11.6 Å². The molecule has 1 amide bonds. The summed E-state index contributed by atoms with van der Waals surface area (Å²) < 4.78 is 0. The second-order valence-corrected chi connectivity index (χ2v) is 3.77. The monoisotopic (exact) mass is 247 g/mol. The van der Waals surface area contributed by atoms with Crippen molar-refractivity contribution in [1.82, 2.24) is 15.3 Å². The van der Waals surface area contributed by atoms with E-state index < -0.39 is 0 Å². The second kappa shape index (κ2) is 5.41. The second-order valence-electron chi connectivity index (χ2n) is 3.36. The average Bonchev–Trinajstić information content (AvgIpc) is 2.38. The zero-order chi connectivity index (χ0) is 12.1. The Bertz CT molecular complexity index is 516. The summed E-state index contributed by atoms with van der Waals surface area (Å²) in [7, 11) is 0. The predicted octanol–water partition coefficient (Wildman–Crippen LogP) is 2.06. The highest BCUT2D eigenvalue weighted by molar-refractivity contribution is 6.33. The number of carbonyl (C=O) groups is 1. The number of amides is 1. The first-order valence-electron chi connectivity index (χ1n) is 5.05. The smallest absolute Gasteiger partial charge is 0.254 e. The Morgan fingerprint density at radius 1 is 1.29 bits per heavy atom. The number of halogens is 1. The Balaban J connectivity index is 2.01. The predicted molar refractivity (Wildman–Crippen MR) is 64.7 cm³/mol. The molecule has 5 heteroatoms. The largest absolute Gasteiger partial charge is 0.346 e. The summed E-state index contributed by atoms with van der Waals surface area (Å²) in [5.41, 5.74) is 1.16. The van der Waals surface area contributed by atoms with Crippen molar-refractivity contribution in [2.45, 2.75) is 6.54 Å². The molecule has 1 N–H and O–H groups in total. The highest BCUT2D eigenvalue weighted by atomic mass is 35.5. The third kappa shape index (κ3) is 3.01. The van der Waals surface area contributed by atoms with Crippen molar-refractivity contribution >= 4 is 17.5 Å². The van der Waals surface area contributed by atoms with Crippen LogP contribution in [0, 0.1) is 0 Å². The summed E-state index contributed by atoms with van der Waals surface area (Å²) in [4.78, 5) is 19.7. The number of hydrogen-bond donors (Lipinski definition) is 1. The molecule has 0 fully saturated rings. The van der Waals surface area contributed by atoms with Gasteiger partial charge < -0.3 is 5.32 Å². The summed E-state index contributed by atoms with van der Waals surface area (Å²) in [6.45, 7) is 0.366. The van der Waals surface area contributed by atoms with E-state index >= 15 is 0 Å². The summed E-state index contributed by atoms with van der Waals surface area (Å²) in [5, 5.41) is 3.12. The van der Waals surface area contributed by atoms with Crippen LogP contribution >= 0.6 is 11.6 Å². The number of hydrogen-bond acceptors (Lipinski definition) is 3. The van der Waals surface area contributed by atoms with Gasteiger partial charge in [-0.15, -0.1) is 0 Å². The molecule has 17 heavy (non-hydrogen) atoms. The first-order chi connectivity index (χ1) is 8.27. The van der Waals surface area contributed by atoms with E-state index in [-0.39, 0.29) is 5.91 Å². The normalized spacial score (nSPS) is 9.94. The fraction of sp³-hybridized carbons (Fsp3) is 0.0833. The number of carbonyl (C=O) groups excluding carboxylic acids is 1. The maximum Gasteiger partial charge on any atom is 0.254 e. The molecule has 0 saturated heterocycles. The lowest BCUT2D eigenvalue weighted by Gasteiger charge is -2.05. The molecule has 0 bridgehead atoms. The van der Waals surface area contributed by atoms with E-state index in [2.05, 4.69) is 15.3 Å². The van der Waals surface area contributed by atoms with Crippen molar-refractivity contribution in [2.75, 3.05) is 0 Å². The van der Waals surface area contributed by atoms with Crippen LogP contribution < -0.4 is 5.32 Å². The lowest BCUT2D eigenvalue weighted by molar-refractivity contribution is 0.0950. The van der Waals surface area contributed by atoms with Crippen LogP contribution in [0.1, 0.15) is 16.1 Å². The van der Waals surface area contributed by atoms with Crippen LogP contribution in [-0.2, 0) is 6.54 Å². The molecule has 0 atom stereocenters. The maximum absolute atomic E-state index is 11.8. The molecule has 86 valence electrons. The number of nitrogens with one attached hydrogen (secondary N) is 1. The van der Waals surface area contributed by atoms with Gasteiger partial charge in [-0.05, 0) is 18.2 Å². The average molecular weight is 248 g/mol. The lowest BCUT2D eigenvalue weighted by atomic mass is 10.2. The topological polar surface area (TPSA) is 54.9 Å². The lowest BCUT2D eigenvalue weighted by Crippen LogP contribution is -2.23. The molecular formula is C12H10ClN3O. The van der Waals surface area contributed by atoms with Gasteiger partial charge in [-0.3, -0.25) is 14.8 Å². The Labute approximate surface area is 104 Å². The number of aromatic nitrogens is 2. The van der Waals surface area contributed by atoms with Gasteiger partial charge in [0.05, 0.1) is 22.8 Å². The van der Waals surface area contributed by atoms with Crippen LogP contribution in [0.25, 0.3) is 0 Å². The molecule has 2 aromatic rings. The molecule has 4 nitrogen and oxygen atoms in total. The molecule has 0 aliphatic carbocycles. The van der Waals surface area contributed by atoms with E-state index in [1.165, 1.54) is 12.4 Å². The Morgan fingerprint density at radius 3 is 2.88 bits per heavy atom. The molecule has 2 rings (SSSR count). The van der Waals surface area contributed by atoms with Crippen LogP contribution in [0.3, 0.4) is 0 Å². The number of nitrogens with zero attached hydrogens (tertiary/aromatic N) is 2. The Morgan fingerprint density at radius 2 is 2.18 bits per heavy atom. The van der Waals surface area contributed by atoms with Gasteiger partial charge in [0.1, 0.15) is 0 Å². The summed E-state index contributed by atoms with van der Waals surface area (Å²) in [6.07, 6.45) is 4.66. The van der Waals surface area contributed by atoms with Crippen LogP contribution in [-0.4, -0.2) is 15.9 Å². The van der Waals surface area contributed by atoms with Crippen LogP contribution in [0.5, 0.6) is 0 Å². The Hall–Kier alpha value is -1.94. The van der Waals surface area contributed by atoms with Crippen LogP contribution in [0.15, 0.2) is 42.9 Å². The molecule has 0 saturated carbocycles. The third-order valence-electron chi connectivity index (χ3n) is 2.17. The van der Waals surface area contributed by atoms with Gasteiger partial charge in [-0.1, -0.05) is 17.7 Å². The van der Waals surface area contributed by atoms with Crippen LogP contribution in [0.4, 0.5) is 0 Å². The minimum Gasteiger partial charge on any atom is -0.346 e. The summed E-state index contributed by atoms with van der Waals surface area (Å²) in [5.74, 6) is -0.256. The molecule has 0 spiro atoms. The molecule has 0 aliphatic heterocycles. The van der Waals surface area contributed by atoms with E-state index in [1.54, 1.807) is 12.3 Å². The zero-order valence-electron chi connectivity index (χ0n) is 8.93. The first kappa shape index (κ1) is 11.5. The summed E-state index contributed by atoms with van der Waals surface area (Å²) in [6, 6.07) is 7.11. The van der Waals surface area contributed by atoms with Crippen molar-refractivity contribution < 1.29 is 4.79 Å². The van der Waals surface area contributed by atoms with Crippen molar-refractivity contribution in [1.29, 1.82) is 0 Å². The number of rotatable bonds is 3. The molecule has 0 aromatic carbocycles. The van der Waals surface area contributed by atoms with E-state index in [9.17, 15) is 4.79 Å². The van der Waals surface area contributed by atoms with Crippen molar-refractivity contribution in [3.8, 4) is 0 Å². The zero-order valence-corrected chi connectivity index (χ0v) is 9.69. The molecule has 0 unspecified atom stereocenters. The SMILES string of the molecule is O=C(NCc1ccccn1)c1cnccc1Cl. The van der Waals surface area contributed by atoms with E-state index in [0.29, 0.717) is 17.1 Å². The van der Waals surface area contributed by atoms with Crippen molar-refractivity contribution in [3.63, 3.8) is 0 Å². The van der Waals surface area contributed by atoms with Gasteiger partial charge in [-0.2, -0.15) is 0 Å². The standard InChI is InChI=1S/C12H10ClN3O/c13-11-4-6-14-8-10(11)12(17)16-7-9-3-1-2-5-15-9/h1-6,8H,7H2,(H,16,17). The van der Waals surface area contributed by atoms with Gasteiger partial charge in [0.2, 0.25) is 0 Å². The van der Waals surface area contributed by atoms with E-state index in [0.717, 1.165) is 5.69 Å². The highest BCUT2D eigenvalue weighted by Gasteiger charge is 2.09. The van der Waals surface area contributed by atoms with Crippen molar-refractivity contribution in [3.05, 3.63) is 59.1 Å². The minimum atomic E-state index is -0.256. The first-order valence-corrected chi connectivity index (χ1v) is 5.43. The minimum absolute atomic E-state index is 0.256. The maximum atomic E-state index is 11.8. The van der Waals surface area contributed by atoms with Crippen LogP contribution in [0.2, 0.25) is 5.02 Å². The van der Waals surface area contributed by atoms with Gasteiger partial charge in [-0.25, -0.2) is 0 Å². The number of pyridine rings is 2. The van der Waals surface area contributed by atoms with E-state index in [1.807, 2.05) is 18.2 Å². The van der Waals surface area contributed by atoms with Gasteiger partial charge in [0.15, 0.2) is 0 Å². The molecule has 0 aliphatic rings. The van der Waals surface area contributed by atoms with Gasteiger partial charge in [0.25, 0.3) is 5.91 Å². The molecule has 2 heterocycles. The third-order valence-corrected chi connectivity index (χ3v) is 2.50. The molecule has 0 radical (unpaired) electrons. The highest BCUT2D eigenvalue weighted by Crippen LogP contribution is 2.13. The quantitative estimate of drug-likeness (QED) is 0.903. The fourth-order valence-electron chi connectivity index (χ4n) is 1.31. The fourth-order valence-corrected chi connectivity index (χ4v) is 1.50. The van der Waals surface area contributed by atoms with Gasteiger partial charge >= 0.3 is 0 Å². The molecule has 2 aromatic heterocycles. The molecular weight excluding hydrogens is 238 g/mol. The Kier molecular flexibility index (Phi) is 3.67. The van der Waals surface area contributed by atoms with Crippen molar-refractivity contribution in [2.24, 2.45) is 0 Å². The van der Waals surface area contributed by atoms with Gasteiger partial charge in [0, 0.05) is 18.6 Å². The summed E-state index contributed by atoms with van der Waals surface area (Å²) >= 11 is 5.88.